The standard InChI is InChI=1S/C20H15NO2/c22-19(15-10-9-13-5-1-2-6-14(13)11-15)20(23)17-12-21-18-8-4-3-7-16(17)18/h1-12,20-21,23H. The van der Waals surface area contributed by atoms with E-state index in [4.69, 9.17) is 0 Å². The highest BCUT2D eigenvalue weighted by atomic mass is 16.3. The first-order valence-corrected chi connectivity index (χ1v) is 7.51. The van der Waals surface area contributed by atoms with Gasteiger partial charge in [0.25, 0.3) is 0 Å². The number of nitrogens with one attached hydrogen (secondary N) is 1. The highest BCUT2D eigenvalue weighted by Crippen LogP contribution is 2.27. The zero-order chi connectivity index (χ0) is 15.8. The Kier molecular flexibility index (Phi) is 3.21. The molecular weight excluding hydrogens is 286 g/mol. The van der Waals surface area contributed by atoms with Crippen LogP contribution in [0.2, 0.25) is 0 Å². The average molecular weight is 301 g/mol. The number of benzene rings is 3. The molecule has 0 fully saturated rings. The SMILES string of the molecule is O=C(c1ccc2ccccc2c1)C(O)c1c[nH]c2ccccc12. The first kappa shape index (κ1) is 13.7. The fourth-order valence-electron chi connectivity index (χ4n) is 2.96. The number of hydrogen-bond acceptors (Lipinski definition) is 2. The first-order valence-electron chi connectivity index (χ1n) is 7.51. The third kappa shape index (κ3) is 2.31. The lowest BCUT2D eigenvalue weighted by Gasteiger charge is -2.10. The van der Waals surface area contributed by atoms with Crippen LogP contribution in [0.4, 0.5) is 0 Å². The van der Waals surface area contributed by atoms with Gasteiger partial charge in [0.15, 0.2) is 5.78 Å². The van der Waals surface area contributed by atoms with Gasteiger partial charge in [0.1, 0.15) is 6.10 Å². The number of hydrogen-bond donors (Lipinski definition) is 2. The number of para-hydroxylation sites is 1. The number of aromatic nitrogens is 1. The normalized spacial score (nSPS) is 12.6. The number of carbonyl (C=O) groups excluding carboxylic acids is 1. The number of Topliss-reactive ketones (excluding diaryl/α,β-unsaturated/α-hetero) is 1. The second-order valence-corrected chi connectivity index (χ2v) is 5.62. The Morgan fingerprint density at radius 1 is 0.913 bits per heavy atom. The van der Waals surface area contributed by atoms with Crippen LogP contribution in [0.3, 0.4) is 0 Å². The van der Waals surface area contributed by atoms with E-state index in [1.807, 2.05) is 60.7 Å². The molecule has 4 rings (SSSR count). The van der Waals surface area contributed by atoms with Gasteiger partial charge in [-0.15, -0.1) is 0 Å². The van der Waals surface area contributed by atoms with E-state index in [1.165, 1.54) is 0 Å². The van der Waals surface area contributed by atoms with Crippen molar-refractivity contribution in [2.24, 2.45) is 0 Å². The molecule has 0 aliphatic rings. The Morgan fingerprint density at radius 2 is 1.65 bits per heavy atom. The van der Waals surface area contributed by atoms with E-state index in [2.05, 4.69) is 4.98 Å². The summed E-state index contributed by atoms with van der Waals surface area (Å²) >= 11 is 0. The van der Waals surface area contributed by atoms with E-state index >= 15 is 0 Å². The summed E-state index contributed by atoms with van der Waals surface area (Å²) in [6.07, 6.45) is 0.529. The van der Waals surface area contributed by atoms with Crippen molar-refractivity contribution < 1.29 is 9.90 Å². The summed E-state index contributed by atoms with van der Waals surface area (Å²) in [6.45, 7) is 0. The van der Waals surface area contributed by atoms with Gasteiger partial charge in [-0.25, -0.2) is 0 Å². The number of aliphatic hydroxyl groups excluding tert-OH is 1. The minimum atomic E-state index is -1.17. The van der Waals surface area contributed by atoms with Gasteiger partial charge in [-0.05, 0) is 22.9 Å². The first-order chi connectivity index (χ1) is 11.2. The van der Waals surface area contributed by atoms with Crippen molar-refractivity contribution in [3.8, 4) is 0 Å². The zero-order valence-corrected chi connectivity index (χ0v) is 12.4. The zero-order valence-electron chi connectivity index (χ0n) is 12.4. The number of aliphatic hydroxyl groups is 1. The van der Waals surface area contributed by atoms with Crippen LogP contribution in [0, 0.1) is 0 Å². The molecule has 0 aliphatic heterocycles. The third-order valence-corrected chi connectivity index (χ3v) is 4.20. The summed E-state index contributed by atoms with van der Waals surface area (Å²) in [6, 6.07) is 21.0. The van der Waals surface area contributed by atoms with Gasteiger partial charge in [0.05, 0.1) is 0 Å². The van der Waals surface area contributed by atoms with Crippen molar-refractivity contribution in [3.63, 3.8) is 0 Å². The number of fused-ring (bicyclic) bond motifs is 2. The second-order valence-electron chi connectivity index (χ2n) is 5.62. The van der Waals surface area contributed by atoms with Crippen LogP contribution in [0.25, 0.3) is 21.7 Å². The molecule has 4 aromatic rings. The highest BCUT2D eigenvalue weighted by molar-refractivity contribution is 6.04. The summed E-state index contributed by atoms with van der Waals surface area (Å²) in [5.41, 5.74) is 2.04. The molecule has 0 saturated heterocycles. The van der Waals surface area contributed by atoms with Crippen LogP contribution in [0.1, 0.15) is 22.0 Å². The summed E-state index contributed by atoms with van der Waals surface area (Å²) in [5.74, 6) is -0.291. The summed E-state index contributed by atoms with van der Waals surface area (Å²) in [5, 5.41) is 13.5. The lowest BCUT2D eigenvalue weighted by molar-refractivity contribution is 0.0750. The Morgan fingerprint density at radius 3 is 2.52 bits per heavy atom. The Balaban J connectivity index is 1.74. The molecule has 0 spiro atoms. The van der Waals surface area contributed by atoms with E-state index in [0.29, 0.717) is 11.1 Å². The Labute approximate surface area is 133 Å². The summed E-state index contributed by atoms with van der Waals surface area (Å²) in [7, 11) is 0. The van der Waals surface area contributed by atoms with Crippen LogP contribution in [0.5, 0.6) is 0 Å². The lowest BCUT2D eigenvalue weighted by Crippen LogP contribution is -2.11. The molecule has 1 atom stereocenters. The maximum absolute atomic E-state index is 12.7. The molecule has 1 unspecified atom stereocenters. The third-order valence-electron chi connectivity index (χ3n) is 4.20. The molecule has 0 amide bonds. The lowest BCUT2D eigenvalue weighted by atomic mass is 9.97. The van der Waals surface area contributed by atoms with Crippen LogP contribution in [-0.2, 0) is 0 Å². The van der Waals surface area contributed by atoms with E-state index in [0.717, 1.165) is 21.7 Å². The highest BCUT2D eigenvalue weighted by Gasteiger charge is 2.22. The predicted molar refractivity (Wildman–Crippen MR) is 91.5 cm³/mol. The van der Waals surface area contributed by atoms with Gasteiger partial charge in [0.2, 0.25) is 0 Å². The number of H-pyrrole nitrogens is 1. The molecule has 0 aliphatic carbocycles. The van der Waals surface area contributed by atoms with E-state index < -0.39 is 6.10 Å². The molecule has 2 N–H and O–H groups in total. The van der Waals surface area contributed by atoms with Gasteiger partial charge in [0, 0.05) is 28.2 Å². The molecule has 112 valence electrons. The molecule has 3 nitrogen and oxygen atoms in total. The van der Waals surface area contributed by atoms with Crippen LogP contribution in [0.15, 0.2) is 72.9 Å². The molecule has 23 heavy (non-hydrogen) atoms. The van der Waals surface area contributed by atoms with Gasteiger partial charge < -0.3 is 10.1 Å². The maximum Gasteiger partial charge on any atom is 0.195 e. The van der Waals surface area contributed by atoms with Crippen molar-refractivity contribution in [2.75, 3.05) is 0 Å². The van der Waals surface area contributed by atoms with Crippen molar-refractivity contribution in [1.82, 2.24) is 4.98 Å². The fraction of sp³-hybridized carbons (Fsp3) is 0.0500. The molecule has 3 heteroatoms. The van der Waals surface area contributed by atoms with Gasteiger partial charge in [-0.2, -0.15) is 0 Å². The topological polar surface area (TPSA) is 53.1 Å². The van der Waals surface area contributed by atoms with Gasteiger partial charge >= 0.3 is 0 Å². The van der Waals surface area contributed by atoms with Crippen LogP contribution < -0.4 is 0 Å². The Hall–Kier alpha value is -2.91. The molecule has 0 radical (unpaired) electrons. The molecule has 3 aromatic carbocycles. The average Bonchev–Trinajstić information content (AvgIpc) is 3.04. The van der Waals surface area contributed by atoms with Crippen molar-refractivity contribution in [3.05, 3.63) is 84.1 Å². The maximum atomic E-state index is 12.7. The van der Waals surface area contributed by atoms with Gasteiger partial charge in [-0.3, -0.25) is 4.79 Å². The molecule has 1 aromatic heterocycles. The van der Waals surface area contributed by atoms with Crippen LogP contribution >= 0.6 is 0 Å². The monoisotopic (exact) mass is 301 g/mol. The number of carbonyl (C=O) groups is 1. The molecule has 1 heterocycles. The predicted octanol–water partition coefficient (Wildman–Crippen LogP) is 4.24. The molecular formula is C20H15NO2. The minimum absolute atomic E-state index is 0.291. The minimum Gasteiger partial charge on any atom is -0.380 e. The van der Waals surface area contributed by atoms with Crippen LogP contribution in [-0.4, -0.2) is 15.9 Å². The van der Waals surface area contributed by atoms with E-state index in [9.17, 15) is 9.90 Å². The Bertz CT molecular complexity index is 1020. The van der Waals surface area contributed by atoms with E-state index in [1.54, 1.807) is 12.3 Å². The molecule has 0 bridgehead atoms. The van der Waals surface area contributed by atoms with Crippen molar-refractivity contribution in [1.29, 1.82) is 0 Å². The smallest absolute Gasteiger partial charge is 0.195 e. The fourth-order valence-corrected chi connectivity index (χ4v) is 2.96. The summed E-state index contributed by atoms with van der Waals surface area (Å²) < 4.78 is 0. The molecule has 0 saturated carbocycles. The van der Waals surface area contributed by atoms with E-state index in [-0.39, 0.29) is 5.78 Å². The number of ketones is 1. The van der Waals surface area contributed by atoms with Crippen molar-refractivity contribution >= 4 is 27.5 Å². The number of rotatable bonds is 3. The largest absolute Gasteiger partial charge is 0.380 e. The van der Waals surface area contributed by atoms with Crippen molar-refractivity contribution in [2.45, 2.75) is 6.10 Å². The van der Waals surface area contributed by atoms with Gasteiger partial charge in [-0.1, -0.05) is 54.6 Å². The quantitative estimate of drug-likeness (QED) is 0.556. The second kappa shape index (κ2) is 5.38. The number of aromatic amines is 1. The summed E-state index contributed by atoms with van der Waals surface area (Å²) in [4.78, 5) is 15.8.